The maximum Gasteiger partial charge on any atom is 0.312 e. The van der Waals surface area contributed by atoms with Crippen LogP contribution in [0.2, 0.25) is 0 Å². The third-order valence-electron chi connectivity index (χ3n) is 3.26. The zero-order valence-corrected chi connectivity index (χ0v) is 9.80. The molecule has 1 rings (SSSR count). The summed E-state index contributed by atoms with van der Waals surface area (Å²) in [6.45, 7) is 4.37. The number of nitrogens with one attached hydrogen (secondary N) is 1. The Morgan fingerprint density at radius 2 is 2.13 bits per heavy atom. The molecule has 0 heterocycles. The first-order chi connectivity index (χ1) is 6.96. The van der Waals surface area contributed by atoms with Gasteiger partial charge in [-0.3, -0.25) is 4.79 Å². The zero-order chi connectivity index (χ0) is 11.5. The summed E-state index contributed by atoms with van der Waals surface area (Å²) in [6.07, 6.45) is 3.12. The maximum atomic E-state index is 11.4. The Labute approximate surface area is 91.0 Å². The van der Waals surface area contributed by atoms with E-state index in [-0.39, 0.29) is 18.1 Å². The van der Waals surface area contributed by atoms with Gasteiger partial charge in [0, 0.05) is 12.1 Å². The van der Waals surface area contributed by atoms with Crippen LogP contribution < -0.4 is 5.32 Å². The van der Waals surface area contributed by atoms with Gasteiger partial charge in [0.25, 0.3) is 0 Å². The van der Waals surface area contributed by atoms with Crippen molar-refractivity contribution >= 4 is 5.97 Å². The molecule has 1 fully saturated rings. The average Bonchev–Trinajstić information content (AvgIpc) is 2.15. The molecule has 0 aromatic heterocycles. The molecule has 0 saturated heterocycles. The summed E-state index contributed by atoms with van der Waals surface area (Å²) in [5, 5.41) is 12.5. The van der Waals surface area contributed by atoms with Gasteiger partial charge in [0.2, 0.25) is 0 Å². The number of hydrogen-bond acceptors (Lipinski definition) is 4. The minimum Gasteiger partial charge on any atom is -0.469 e. The second-order valence-electron chi connectivity index (χ2n) is 5.02. The predicted molar refractivity (Wildman–Crippen MR) is 57.5 cm³/mol. The number of rotatable bonds is 5. The van der Waals surface area contributed by atoms with E-state index in [0.29, 0.717) is 6.54 Å². The van der Waals surface area contributed by atoms with E-state index in [0.717, 1.165) is 19.3 Å². The highest BCUT2D eigenvalue weighted by atomic mass is 16.5. The van der Waals surface area contributed by atoms with Gasteiger partial charge in [0.15, 0.2) is 0 Å². The Hall–Kier alpha value is -0.610. The lowest BCUT2D eigenvalue weighted by atomic mass is 9.76. The van der Waals surface area contributed by atoms with Crippen molar-refractivity contribution in [3.63, 3.8) is 0 Å². The largest absolute Gasteiger partial charge is 0.469 e. The molecule has 4 nitrogen and oxygen atoms in total. The fourth-order valence-electron chi connectivity index (χ4n) is 1.75. The smallest absolute Gasteiger partial charge is 0.312 e. The second-order valence-corrected chi connectivity index (χ2v) is 5.02. The number of methoxy groups -OCH3 is 1. The summed E-state index contributed by atoms with van der Waals surface area (Å²) < 4.78 is 4.72. The Morgan fingerprint density at radius 1 is 1.53 bits per heavy atom. The van der Waals surface area contributed by atoms with E-state index in [4.69, 9.17) is 4.74 Å². The summed E-state index contributed by atoms with van der Waals surface area (Å²) in [6, 6.07) is 0. The fourth-order valence-corrected chi connectivity index (χ4v) is 1.75. The summed E-state index contributed by atoms with van der Waals surface area (Å²) in [4.78, 5) is 11.4. The molecule has 0 bridgehead atoms. The molecule has 0 aromatic rings. The molecule has 2 N–H and O–H groups in total. The summed E-state index contributed by atoms with van der Waals surface area (Å²) in [7, 11) is 1.40. The first-order valence-corrected chi connectivity index (χ1v) is 5.40. The molecule has 1 aliphatic carbocycles. The van der Waals surface area contributed by atoms with Gasteiger partial charge >= 0.3 is 5.97 Å². The first-order valence-electron chi connectivity index (χ1n) is 5.40. The Morgan fingerprint density at radius 3 is 2.47 bits per heavy atom. The van der Waals surface area contributed by atoms with Gasteiger partial charge < -0.3 is 15.2 Å². The fraction of sp³-hybridized carbons (Fsp3) is 0.909. The molecule has 1 saturated carbocycles. The van der Waals surface area contributed by atoms with Crippen molar-refractivity contribution in [1.29, 1.82) is 0 Å². The van der Waals surface area contributed by atoms with Crippen LogP contribution in [0.15, 0.2) is 0 Å². The minimum atomic E-state index is -0.535. The van der Waals surface area contributed by atoms with E-state index >= 15 is 0 Å². The van der Waals surface area contributed by atoms with E-state index in [9.17, 15) is 9.90 Å². The van der Waals surface area contributed by atoms with Crippen LogP contribution in [0.4, 0.5) is 0 Å². The molecule has 0 atom stereocenters. The van der Waals surface area contributed by atoms with Gasteiger partial charge in [-0.05, 0) is 33.1 Å². The van der Waals surface area contributed by atoms with Gasteiger partial charge in [0.05, 0.1) is 19.1 Å². The molecule has 0 aromatic carbocycles. The van der Waals surface area contributed by atoms with Crippen molar-refractivity contribution in [1.82, 2.24) is 5.32 Å². The SMILES string of the molecule is COC(=O)C(C)(C)CNC1(CO)CCC1. The highest BCUT2D eigenvalue weighted by molar-refractivity contribution is 5.76. The molecular weight excluding hydrogens is 194 g/mol. The number of aliphatic hydroxyl groups is 1. The maximum absolute atomic E-state index is 11.4. The van der Waals surface area contributed by atoms with Crippen LogP contribution in [-0.2, 0) is 9.53 Å². The van der Waals surface area contributed by atoms with Crippen LogP contribution in [-0.4, -0.2) is 36.9 Å². The highest BCUT2D eigenvalue weighted by Crippen LogP contribution is 2.32. The number of ether oxygens (including phenoxy) is 1. The van der Waals surface area contributed by atoms with Gasteiger partial charge in [-0.1, -0.05) is 0 Å². The molecule has 0 radical (unpaired) electrons. The van der Waals surface area contributed by atoms with Gasteiger partial charge in [-0.2, -0.15) is 0 Å². The predicted octanol–water partition coefficient (Wildman–Crippen LogP) is 0.690. The Kier molecular flexibility index (Phi) is 3.73. The van der Waals surface area contributed by atoms with Crippen LogP contribution >= 0.6 is 0 Å². The number of carbonyl (C=O) groups is 1. The third kappa shape index (κ3) is 2.69. The topological polar surface area (TPSA) is 58.6 Å². The van der Waals surface area contributed by atoms with Crippen molar-refractivity contribution in [3.8, 4) is 0 Å². The molecule has 0 aliphatic heterocycles. The molecule has 0 spiro atoms. The summed E-state index contributed by atoms with van der Waals surface area (Å²) in [5.74, 6) is -0.220. The number of carbonyl (C=O) groups excluding carboxylic acids is 1. The molecule has 1 aliphatic rings. The van der Waals surface area contributed by atoms with E-state index < -0.39 is 5.41 Å². The van der Waals surface area contributed by atoms with Crippen molar-refractivity contribution in [2.24, 2.45) is 5.41 Å². The molecule has 15 heavy (non-hydrogen) atoms. The van der Waals surface area contributed by atoms with Gasteiger partial charge in [0.1, 0.15) is 0 Å². The lowest BCUT2D eigenvalue weighted by molar-refractivity contribution is -0.150. The molecule has 4 heteroatoms. The van der Waals surface area contributed by atoms with Gasteiger partial charge in [-0.25, -0.2) is 0 Å². The average molecular weight is 215 g/mol. The van der Waals surface area contributed by atoms with Crippen LogP contribution in [0.3, 0.4) is 0 Å². The van der Waals surface area contributed by atoms with E-state index in [1.54, 1.807) is 0 Å². The van der Waals surface area contributed by atoms with E-state index in [2.05, 4.69) is 5.32 Å². The minimum absolute atomic E-state index is 0.143. The first kappa shape index (κ1) is 12.5. The Balaban J connectivity index is 2.44. The zero-order valence-electron chi connectivity index (χ0n) is 9.80. The Bertz CT molecular complexity index is 228. The van der Waals surface area contributed by atoms with Crippen molar-refractivity contribution in [2.75, 3.05) is 20.3 Å². The van der Waals surface area contributed by atoms with E-state index in [1.807, 2.05) is 13.8 Å². The molecule has 0 unspecified atom stereocenters. The molecule has 88 valence electrons. The lowest BCUT2D eigenvalue weighted by Crippen LogP contribution is -2.57. The van der Waals surface area contributed by atoms with E-state index in [1.165, 1.54) is 7.11 Å². The molecular formula is C11H21NO3. The third-order valence-corrected chi connectivity index (χ3v) is 3.26. The van der Waals surface area contributed by atoms with Crippen LogP contribution in [0, 0.1) is 5.41 Å². The standard InChI is InChI=1S/C11H21NO3/c1-10(2,9(14)15-3)7-12-11(8-13)5-4-6-11/h12-13H,4-8H2,1-3H3. The van der Waals surface area contributed by atoms with Crippen molar-refractivity contribution in [3.05, 3.63) is 0 Å². The quantitative estimate of drug-likeness (QED) is 0.662. The normalized spacial score (nSPS) is 19.5. The summed E-state index contributed by atoms with van der Waals surface area (Å²) in [5.41, 5.74) is -0.683. The number of aliphatic hydroxyl groups excluding tert-OH is 1. The van der Waals surface area contributed by atoms with Crippen molar-refractivity contribution in [2.45, 2.75) is 38.6 Å². The second kappa shape index (κ2) is 4.49. The van der Waals surface area contributed by atoms with Crippen LogP contribution in [0.25, 0.3) is 0 Å². The van der Waals surface area contributed by atoms with Gasteiger partial charge in [-0.15, -0.1) is 0 Å². The number of esters is 1. The highest BCUT2D eigenvalue weighted by Gasteiger charge is 2.39. The monoisotopic (exact) mass is 215 g/mol. The van der Waals surface area contributed by atoms with Crippen molar-refractivity contribution < 1.29 is 14.6 Å². The lowest BCUT2D eigenvalue weighted by Gasteiger charge is -2.43. The summed E-state index contributed by atoms with van der Waals surface area (Å²) >= 11 is 0. The van der Waals surface area contributed by atoms with Crippen LogP contribution in [0.1, 0.15) is 33.1 Å². The van der Waals surface area contributed by atoms with Crippen LogP contribution in [0.5, 0.6) is 0 Å². The number of hydrogen-bond donors (Lipinski definition) is 2. The molecule has 0 amide bonds.